The highest BCUT2D eigenvalue weighted by atomic mass is 16.5. The van der Waals surface area contributed by atoms with Crippen LogP contribution < -0.4 is 10.5 Å². The number of hydrogen-bond acceptors (Lipinski definition) is 4. The lowest BCUT2D eigenvalue weighted by Gasteiger charge is -2.18. The lowest BCUT2D eigenvalue weighted by molar-refractivity contribution is -0.141. The number of carbonyl (C=O) groups is 3. The van der Waals surface area contributed by atoms with E-state index in [0.717, 1.165) is 5.56 Å². The summed E-state index contributed by atoms with van der Waals surface area (Å²) in [6, 6.07) is 15.9. The fourth-order valence-corrected chi connectivity index (χ4v) is 3.35. The monoisotopic (exact) mass is 368 g/mol. The summed E-state index contributed by atoms with van der Waals surface area (Å²) in [7, 11) is 0. The Labute approximate surface area is 156 Å². The van der Waals surface area contributed by atoms with Gasteiger partial charge in [0.2, 0.25) is 0 Å². The Bertz CT molecular complexity index is 852. The number of ether oxygens (including phenoxy) is 1. The molecule has 3 rings (SSSR count). The highest BCUT2D eigenvalue weighted by molar-refractivity contribution is 5.97. The molecular weight excluding hydrogens is 348 g/mol. The second-order valence-corrected chi connectivity index (χ2v) is 6.42. The zero-order valence-corrected chi connectivity index (χ0v) is 14.6. The summed E-state index contributed by atoms with van der Waals surface area (Å²) < 4.78 is 5.33. The van der Waals surface area contributed by atoms with E-state index in [9.17, 15) is 19.5 Å². The Kier molecular flexibility index (Phi) is 5.40. The van der Waals surface area contributed by atoms with E-state index in [0.29, 0.717) is 6.54 Å². The minimum absolute atomic E-state index is 0.109. The molecule has 27 heavy (non-hydrogen) atoms. The number of rotatable bonds is 6. The molecule has 1 saturated heterocycles. The van der Waals surface area contributed by atoms with Crippen LogP contribution in [0, 0.1) is 5.92 Å². The Hall–Kier alpha value is -3.35. The minimum atomic E-state index is -0.933. The summed E-state index contributed by atoms with van der Waals surface area (Å²) in [6.07, 6.45) is 0. The number of carboxylic acids is 1. The molecule has 2 amide bonds. The lowest BCUT2D eigenvalue weighted by atomic mass is 9.89. The number of primary amides is 1. The first-order valence-corrected chi connectivity index (χ1v) is 8.54. The maximum absolute atomic E-state index is 13.0. The van der Waals surface area contributed by atoms with E-state index in [-0.39, 0.29) is 36.3 Å². The fourth-order valence-electron chi connectivity index (χ4n) is 3.35. The van der Waals surface area contributed by atoms with Gasteiger partial charge >= 0.3 is 5.97 Å². The molecule has 140 valence electrons. The SMILES string of the molecule is NC(=O)COc1ccccc1C(=O)N1CC(C(=O)O)C(c2ccccc2)C1. The summed E-state index contributed by atoms with van der Waals surface area (Å²) >= 11 is 0. The first-order valence-electron chi connectivity index (χ1n) is 8.54. The van der Waals surface area contributed by atoms with E-state index < -0.39 is 17.8 Å². The van der Waals surface area contributed by atoms with Gasteiger partial charge in [-0.3, -0.25) is 14.4 Å². The van der Waals surface area contributed by atoms with Crippen molar-refractivity contribution in [3.05, 3.63) is 65.7 Å². The number of nitrogens with zero attached hydrogens (tertiary/aromatic N) is 1. The van der Waals surface area contributed by atoms with E-state index in [1.165, 1.54) is 4.90 Å². The molecule has 1 aliphatic rings. The van der Waals surface area contributed by atoms with Crippen LogP contribution >= 0.6 is 0 Å². The van der Waals surface area contributed by atoms with Crippen molar-refractivity contribution >= 4 is 17.8 Å². The molecule has 2 atom stereocenters. The van der Waals surface area contributed by atoms with Crippen molar-refractivity contribution in [1.82, 2.24) is 4.90 Å². The van der Waals surface area contributed by atoms with Gasteiger partial charge in [-0.25, -0.2) is 0 Å². The van der Waals surface area contributed by atoms with Crippen LogP contribution in [0.4, 0.5) is 0 Å². The van der Waals surface area contributed by atoms with Crippen molar-refractivity contribution < 1.29 is 24.2 Å². The topological polar surface area (TPSA) is 110 Å². The summed E-state index contributed by atoms with van der Waals surface area (Å²) in [4.78, 5) is 37.2. The summed E-state index contributed by atoms with van der Waals surface area (Å²) in [6.45, 7) is 0.0660. The number of aliphatic carboxylic acids is 1. The van der Waals surface area contributed by atoms with Crippen molar-refractivity contribution in [3.8, 4) is 5.75 Å². The Balaban J connectivity index is 1.84. The second-order valence-electron chi connectivity index (χ2n) is 6.42. The molecule has 0 aromatic heterocycles. The van der Waals surface area contributed by atoms with Crippen LogP contribution in [0.15, 0.2) is 54.6 Å². The Morgan fingerprint density at radius 2 is 1.70 bits per heavy atom. The number of hydrogen-bond donors (Lipinski definition) is 2. The summed E-state index contributed by atoms with van der Waals surface area (Å²) in [5.74, 6) is -2.64. The summed E-state index contributed by atoms with van der Waals surface area (Å²) in [5, 5.41) is 9.60. The molecule has 2 aromatic carbocycles. The Morgan fingerprint density at radius 3 is 2.37 bits per heavy atom. The minimum Gasteiger partial charge on any atom is -0.483 e. The van der Waals surface area contributed by atoms with Crippen LogP contribution in [-0.2, 0) is 9.59 Å². The standard InChI is InChI=1S/C20H20N2O5/c21-18(23)12-27-17-9-5-4-8-14(17)19(24)22-10-15(16(11-22)20(25)26)13-6-2-1-3-7-13/h1-9,15-16H,10-12H2,(H2,21,23)(H,25,26). The second kappa shape index (κ2) is 7.90. The van der Waals surface area contributed by atoms with Gasteiger partial charge in [0, 0.05) is 19.0 Å². The molecular formula is C20H20N2O5. The van der Waals surface area contributed by atoms with Gasteiger partial charge in [0.05, 0.1) is 11.5 Å². The number of carboxylic acid groups (broad SMARTS) is 1. The lowest BCUT2D eigenvalue weighted by Crippen LogP contribution is -2.30. The highest BCUT2D eigenvalue weighted by Gasteiger charge is 2.41. The third kappa shape index (κ3) is 4.08. The van der Waals surface area contributed by atoms with Crippen molar-refractivity contribution in [1.29, 1.82) is 0 Å². The zero-order valence-electron chi connectivity index (χ0n) is 14.6. The maximum atomic E-state index is 13.0. The number of amides is 2. The first-order chi connectivity index (χ1) is 13.0. The largest absolute Gasteiger partial charge is 0.483 e. The average Bonchev–Trinajstić information content (AvgIpc) is 3.12. The molecule has 0 aliphatic carbocycles. The summed E-state index contributed by atoms with van der Waals surface area (Å²) in [5.41, 5.74) is 6.26. The van der Waals surface area contributed by atoms with Crippen molar-refractivity contribution in [2.45, 2.75) is 5.92 Å². The average molecular weight is 368 g/mol. The van der Waals surface area contributed by atoms with Gasteiger partial charge in [0.25, 0.3) is 11.8 Å². The molecule has 2 unspecified atom stereocenters. The molecule has 0 radical (unpaired) electrons. The van der Waals surface area contributed by atoms with Crippen LogP contribution in [0.3, 0.4) is 0 Å². The van der Waals surface area contributed by atoms with Crippen molar-refractivity contribution in [3.63, 3.8) is 0 Å². The first kappa shape index (κ1) is 18.4. The van der Waals surface area contributed by atoms with E-state index in [4.69, 9.17) is 10.5 Å². The smallest absolute Gasteiger partial charge is 0.308 e. The maximum Gasteiger partial charge on any atom is 0.308 e. The predicted octanol–water partition coefficient (Wildman–Crippen LogP) is 1.49. The molecule has 0 saturated carbocycles. The number of para-hydroxylation sites is 1. The van der Waals surface area contributed by atoms with Crippen LogP contribution in [0.1, 0.15) is 21.8 Å². The number of carbonyl (C=O) groups excluding carboxylic acids is 2. The molecule has 0 bridgehead atoms. The van der Waals surface area contributed by atoms with Crippen LogP contribution in [0.5, 0.6) is 5.75 Å². The van der Waals surface area contributed by atoms with Gasteiger partial charge in [-0.05, 0) is 17.7 Å². The van der Waals surface area contributed by atoms with Gasteiger partial charge < -0.3 is 20.5 Å². The van der Waals surface area contributed by atoms with Gasteiger partial charge in [-0.1, -0.05) is 42.5 Å². The number of likely N-dealkylation sites (tertiary alicyclic amines) is 1. The molecule has 7 heteroatoms. The van der Waals surface area contributed by atoms with Crippen molar-refractivity contribution in [2.24, 2.45) is 11.7 Å². The molecule has 7 nitrogen and oxygen atoms in total. The number of benzene rings is 2. The van der Waals surface area contributed by atoms with Gasteiger partial charge in [0.1, 0.15) is 5.75 Å². The normalized spacial score (nSPS) is 18.9. The third-order valence-corrected chi connectivity index (χ3v) is 4.64. The van der Waals surface area contributed by atoms with Gasteiger partial charge in [-0.2, -0.15) is 0 Å². The van der Waals surface area contributed by atoms with Crippen LogP contribution in [0.25, 0.3) is 0 Å². The third-order valence-electron chi connectivity index (χ3n) is 4.64. The number of nitrogens with two attached hydrogens (primary N) is 1. The highest BCUT2D eigenvalue weighted by Crippen LogP contribution is 2.34. The Morgan fingerprint density at radius 1 is 1.04 bits per heavy atom. The molecule has 3 N–H and O–H groups in total. The zero-order chi connectivity index (χ0) is 19.4. The van der Waals surface area contributed by atoms with Gasteiger partial charge in [0.15, 0.2) is 6.61 Å². The molecule has 0 spiro atoms. The molecule has 1 aliphatic heterocycles. The predicted molar refractivity (Wildman–Crippen MR) is 97.3 cm³/mol. The fraction of sp³-hybridized carbons (Fsp3) is 0.250. The van der Waals surface area contributed by atoms with Gasteiger partial charge in [-0.15, -0.1) is 0 Å². The van der Waals surface area contributed by atoms with Crippen LogP contribution in [-0.4, -0.2) is 47.5 Å². The molecule has 1 heterocycles. The molecule has 1 fully saturated rings. The van der Waals surface area contributed by atoms with E-state index in [1.807, 2.05) is 30.3 Å². The van der Waals surface area contributed by atoms with E-state index in [1.54, 1.807) is 24.3 Å². The van der Waals surface area contributed by atoms with Crippen LogP contribution in [0.2, 0.25) is 0 Å². The van der Waals surface area contributed by atoms with E-state index in [2.05, 4.69) is 0 Å². The van der Waals surface area contributed by atoms with Crippen molar-refractivity contribution in [2.75, 3.05) is 19.7 Å². The molecule has 2 aromatic rings. The quantitative estimate of drug-likeness (QED) is 0.803. The van der Waals surface area contributed by atoms with E-state index >= 15 is 0 Å².